The van der Waals surface area contributed by atoms with Crippen LogP contribution < -0.4 is 14.8 Å². The number of aromatic nitrogens is 2. The van der Waals surface area contributed by atoms with Crippen LogP contribution in [0.3, 0.4) is 0 Å². The second kappa shape index (κ2) is 8.98. The van der Waals surface area contributed by atoms with Gasteiger partial charge in [0.2, 0.25) is 5.13 Å². The maximum absolute atomic E-state index is 5.47. The highest BCUT2D eigenvalue weighted by Crippen LogP contribution is 2.28. The van der Waals surface area contributed by atoms with E-state index in [1.54, 1.807) is 14.2 Å². The molecule has 0 unspecified atom stereocenters. The van der Waals surface area contributed by atoms with Crippen LogP contribution in [0, 0.1) is 3.95 Å². The van der Waals surface area contributed by atoms with Gasteiger partial charge in [0.05, 0.1) is 26.6 Å². The van der Waals surface area contributed by atoms with Crippen molar-refractivity contribution in [2.45, 2.75) is 13.2 Å². The van der Waals surface area contributed by atoms with Crippen LogP contribution in [0.4, 0.5) is 10.8 Å². The molecule has 0 bridgehead atoms. The third kappa shape index (κ3) is 5.06. The Morgan fingerprint density at radius 3 is 2.56 bits per heavy atom. The Balaban J connectivity index is 1.66. The number of para-hydroxylation sites is 2. The zero-order valence-electron chi connectivity index (χ0n) is 15.5. The molecule has 0 atom stereocenters. The number of benzene rings is 2. The van der Waals surface area contributed by atoms with E-state index in [0.717, 1.165) is 28.9 Å². The molecule has 3 rings (SSSR count). The molecule has 0 saturated carbocycles. The summed E-state index contributed by atoms with van der Waals surface area (Å²) < 4.78 is 13.1. The van der Waals surface area contributed by atoms with Crippen LogP contribution in [0.5, 0.6) is 11.5 Å². The van der Waals surface area contributed by atoms with Crippen LogP contribution in [-0.2, 0) is 13.2 Å². The monoisotopic (exact) mass is 402 g/mol. The maximum atomic E-state index is 5.47. The number of rotatable bonds is 8. The third-order valence-electron chi connectivity index (χ3n) is 3.94. The fourth-order valence-electron chi connectivity index (χ4n) is 2.63. The fourth-order valence-corrected chi connectivity index (χ4v) is 3.64. The Morgan fingerprint density at radius 1 is 1.11 bits per heavy atom. The van der Waals surface area contributed by atoms with Crippen molar-refractivity contribution >= 4 is 34.4 Å². The second-order valence-electron chi connectivity index (χ2n) is 6.00. The lowest BCUT2D eigenvalue weighted by atomic mass is 10.2. The van der Waals surface area contributed by atoms with Crippen molar-refractivity contribution in [3.05, 3.63) is 58.0 Å². The van der Waals surface area contributed by atoms with Crippen LogP contribution in [0.1, 0.15) is 5.56 Å². The first-order valence-corrected chi connectivity index (χ1v) is 9.61. The van der Waals surface area contributed by atoms with E-state index < -0.39 is 0 Å². The first kappa shape index (κ1) is 19.3. The topological polar surface area (TPSA) is 51.5 Å². The van der Waals surface area contributed by atoms with Crippen molar-refractivity contribution in [1.29, 1.82) is 0 Å². The fraction of sp³-hybridized carbons (Fsp3) is 0.263. The van der Waals surface area contributed by atoms with Gasteiger partial charge in [0, 0.05) is 6.54 Å². The van der Waals surface area contributed by atoms with Crippen LogP contribution >= 0.6 is 23.6 Å². The Kier molecular flexibility index (Phi) is 6.44. The molecule has 1 N–H and O–H groups in total. The molecule has 0 aliphatic heterocycles. The molecule has 6 nitrogen and oxygen atoms in total. The van der Waals surface area contributed by atoms with E-state index in [0.29, 0.717) is 10.6 Å². The van der Waals surface area contributed by atoms with Gasteiger partial charge in [-0.25, -0.2) is 4.68 Å². The zero-order valence-corrected chi connectivity index (χ0v) is 17.1. The van der Waals surface area contributed by atoms with Crippen LogP contribution in [0.2, 0.25) is 0 Å². The number of anilines is 2. The molecule has 0 saturated heterocycles. The number of ether oxygens (including phenoxy) is 2. The molecule has 3 aromatic rings. The molecule has 0 amide bonds. The zero-order chi connectivity index (χ0) is 19.2. The molecule has 2 aromatic carbocycles. The average Bonchev–Trinajstić information content (AvgIpc) is 3.01. The van der Waals surface area contributed by atoms with Gasteiger partial charge in [0.25, 0.3) is 0 Å². The van der Waals surface area contributed by atoms with E-state index in [1.807, 2.05) is 48.1 Å². The standard InChI is InChI=1S/C19H22N4O2S2/c1-22(12-14-8-10-15(24-2)11-9-14)13-23-19(26)27-18(21-23)20-16-6-4-5-7-17(16)25-3/h4-11H,12-13H2,1-3H3,(H,20,21). The Morgan fingerprint density at radius 2 is 1.85 bits per heavy atom. The quantitative estimate of drug-likeness (QED) is 0.559. The molecular weight excluding hydrogens is 380 g/mol. The highest BCUT2D eigenvalue weighted by atomic mass is 32.1. The molecule has 0 aliphatic rings. The van der Waals surface area contributed by atoms with Crippen LogP contribution in [0.15, 0.2) is 48.5 Å². The Labute approximate surface area is 168 Å². The molecule has 8 heteroatoms. The summed E-state index contributed by atoms with van der Waals surface area (Å²) in [6.45, 7) is 1.40. The van der Waals surface area contributed by atoms with Gasteiger partial charge in [-0.05, 0) is 49.1 Å². The van der Waals surface area contributed by atoms with Gasteiger partial charge in [-0.2, -0.15) is 0 Å². The predicted octanol–water partition coefficient (Wildman–Crippen LogP) is 4.52. The summed E-state index contributed by atoms with van der Waals surface area (Å²) in [5, 5.41) is 8.61. The molecule has 0 spiro atoms. The van der Waals surface area contributed by atoms with E-state index in [9.17, 15) is 0 Å². The average molecular weight is 403 g/mol. The van der Waals surface area contributed by atoms with Gasteiger partial charge in [0.1, 0.15) is 11.5 Å². The third-order valence-corrected chi connectivity index (χ3v) is 5.16. The van der Waals surface area contributed by atoms with Gasteiger partial charge in [0.15, 0.2) is 3.95 Å². The van der Waals surface area contributed by atoms with E-state index >= 15 is 0 Å². The van der Waals surface area contributed by atoms with Crippen LogP contribution in [-0.4, -0.2) is 35.9 Å². The normalized spacial score (nSPS) is 10.8. The minimum absolute atomic E-state index is 0.606. The molecule has 0 fully saturated rings. The van der Waals surface area contributed by atoms with Gasteiger partial charge in [-0.3, -0.25) is 4.90 Å². The number of hydrogen-bond acceptors (Lipinski definition) is 7. The van der Waals surface area contributed by atoms with Crippen molar-refractivity contribution in [3.63, 3.8) is 0 Å². The van der Waals surface area contributed by atoms with Gasteiger partial charge >= 0.3 is 0 Å². The van der Waals surface area contributed by atoms with Gasteiger partial charge in [-0.15, -0.1) is 5.10 Å². The summed E-state index contributed by atoms with van der Waals surface area (Å²) in [5.41, 5.74) is 2.06. The highest BCUT2D eigenvalue weighted by Gasteiger charge is 2.09. The van der Waals surface area contributed by atoms with Crippen LogP contribution in [0.25, 0.3) is 0 Å². The first-order chi connectivity index (χ1) is 13.1. The summed E-state index contributed by atoms with van der Waals surface area (Å²) in [7, 11) is 5.36. The minimum Gasteiger partial charge on any atom is -0.497 e. The maximum Gasteiger partial charge on any atom is 0.209 e. The smallest absolute Gasteiger partial charge is 0.209 e. The molecule has 0 radical (unpaired) electrons. The number of methoxy groups -OCH3 is 2. The summed E-state index contributed by atoms with van der Waals surface area (Å²) in [6, 6.07) is 15.8. The highest BCUT2D eigenvalue weighted by molar-refractivity contribution is 7.73. The number of nitrogens with one attached hydrogen (secondary N) is 1. The van der Waals surface area contributed by atoms with Gasteiger partial charge < -0.3 is 14.8 Å². The van der Waals surface area contributed by atoms with E-state index in [4.69, 9.17) is 21.7 Å². The lowest BCUT2D eigenvalue weighted by Gasteiger charge is -2.16. The van der Waals surface area contributed by atoms with E-state index in [2.05, 4.69) is 27.4 Å². The largest absolute Gasteiger partial charge is 0.497 e. The molecule has 27 heavy (non-hydrogen) atoms. The second-order valence-corrected chi connectivity index (χ2v) is 7.62. The first-order valence-electron chi connectivity index (χ1n) is 8.38. The molecular formula is C19H22N4O2S2. The Bertz CT molecular complexity index is 937. The summed E-state index contributed by atoms with van der Waals surface area (Å²) in [4.78, 5) is 2.16. The lowest BCUT2D eigenvalue weighted by molar-refractivity contribution is 0.245. The lowest BCUT2D eigenvalue weighted by Crippen LogP contribution is -2.22. The van der Waals surface area contributed by atoms with E-state index in [-0.39, 0.29) is 0 Å². The Hall–Kier alpha value is -2.42. The summed E-state index contributed by atoms with van der Waals surface area (Å²) >= 11 is 6.91. The van der Waals surface area contributed by atoms with E-state index in [1.165, 1.54) is 16.9 Å². The molecule has 1 heterocycles. The van der Waals surface area contributed by atoms with Crippen molar-refractivity contribution in [2.75, 3.05) is 26.6 Å². The number of nitrogens with zero attached hydrogens (tertiary/aromatic N) is 3. The predicted molar refractivity (Wildman–Crippen MR) is 112 cm³/mol. The van der Waals surface area contributed by atoms with Crippen molar-refractivity contribution in [3.8, 4) is 11.5 Å². The SMILES string of the molecule is COc1ccc(CN(C)Cn2nc(Nc3ccccc3OC)sc2=S)cc1. The molecule has 142 valence electrons. The minimum atomic E-state index is 0.606. The summed E-state index contributed by atoms with van der Waals surface area (Å²) in [5.74, 6) is 1.62. The molecule has 0 aliphatic carbocycles. The van der Waals surface area contributed by atoms with Gasteiger partial charge in [-0.1, -0.05) is 35.6 Å². The van der Waals surface area contributed by atoms with Crippen molar-refractivity contribution in [2.24, 2.45) is 0 Å². The molecule has 1 aromatic heterocycles. The van der Waals surface area contributed by atoms with Crippen molar-refractivity contribution < 1.29 is 9.47 Å². The number of hydrogen-bond donors (Lipinski definition) is 1. The summed E-state index contributed by atoms with van der Waals surface area (Å²) in [6.07, 6.45) is 0. The van der Waals surface area contributed by atoms with Crippen molar-refractivity contribution in [1.82, 2.24) is 14.7 Å².